The SMILES string of the molecule is Fc1ccc(-c2ccnc3[nH]c(-c4n[nH]c5ccc(-c6ccncc6)cc45)cc23)s1. The van der Waals surface area contributed by atoms with Crippen molar-refractivity contribution in [2.24, 2.45) is 0 Å². The molecule has 0 unspecified atom stereocenters. The molecule has 1 aromatic carbocycles. The van der Waals surface area contributed by atoms with Crippen LogP contribution in [-0.4, -0.2) is 25.1 Å². The Balaban J connectivity index is 1.52. The number of nitrogens with one attached hydrogen (secondary N) is 2. The van der Waals surface area contributed by atoms with Gasteiger partial charge in [-0.05, 0) is 59.7 Å². The molecule has 0 bridgehead atoms. The van der Waals surface area contributed by atoms with Gasteiger partial charge in [-0.15, -0.1) is 11.3 Å². The van der Waals surface area contributed by atoms with Crippen LogP contribution in [0.4, 0.5) is 4.39 Å². The molecule has 6 aromatic rings. The maximum atomic E-state index is 13.6. The van der Waals surface area contributed by atoms with Crippen molar-refractivity contribution >= 4 is 33.3 Å². The van der Waals surface area contributed by atoms with Gasteiger partial charge in [0, 0.05) is 39.8 Å². The molecular weight excluding hydrogens is 397 g/mol. The Morgan fingerprint density at radius 3 is 2.57 bits per heavy atom. The molecule has 5 aromatic heterocycles. The first-order chi connectivity index (χ1) is 14.8. The van der Waals surface area contributed by atoms with E-state index in [2.05, 4.69) is 37.3 Å². The van der Waals surface area contributed by atoms with Gasteiger partial charge in [0.1, 0.15) is 11.3 Å². The summed E-state index contributed by atoms with van der Waals surface area (Å²) in [7, 11) is 0. The largest absolute Gasteiger partial charge is 0.338 e. The predicted molar refractivity (Wildman–Crippen MR) is 118 cm³/mol. The maximum Gasteiger partial charge on any atom is 0.176 e. The molecule has 0 aliphatic heterocycles. The van der Waals surface area contributed by atoms with Crippen molar-refractivity contribution in [3.63, 3.8) is 0 Å². The highest BCUT2D eigenvalue weighted by molar-refractivity contribution is 7.14. The molecule has 2 N–H and O–H groups in total. The number of H-pyrrole nitrogens is 2. The summed E-state index contributed by atoms with van der Waals surface area (Å²) in [6.07, 6.45) is 5.31. The van der Waals surface area contributed by atoms with Crippen molar-refractivity contribution < 1.29 is 4.39 Å². The van der Waals surface area contributed by atoms with Crippen LogP contribution in [0.25, 0.3) is 54.9 Å². The summed E-state index contributed by atoms with van der Waals surface area (Å²) >= 11 is 1.13. The molecule has 0 spiro atoms. The van der Waals surface area contributed by atoms with E-state index >= 15 is 0 Å². The Kier molecular flexibility index (Phi) is 3.75. The Hall–Kier alpha value is -3.84. The molecule has 0 atom stereocenters. The molecule has 7 heteroatoms. The first-order valence-corrected chi connectivity index (χ1v) is 10.2. The summed E-state index contributed by atoms with van der Waals surface area (Å²) in [6.45, 7) is 0. The van der Waals surface area contributed by atoms with Crippen LogP contribution in [0.15, 0.2) is 73.2 Å². The van der Waals surface area contributed by atoms with Crippen LogP contribution < -0.4 is 0 Å². The summed E-state index contributed by atoms with van der Waals surface area (Å²) in [4.78, 5) is 12.8. The lowest BCUT2D eigenvalue weighted by Gasteiger charge is -2.01. The fraction of sp³-hybridized carbons (Fsp3) is 0. The Bertz CT molecular complexity index is 1510. The third-order valence-electron chi connectivity index (χ3n) is 5.20. The lowest BCUT2D eigenvalue weighted by atomic mass is 10.0. The number of pyridine rings is 2. The number of thiophene rings is 1. The average molecular weight is 411 g/mol. The number of aromatic nitrogens is 5. The normalized spacial score (nSPS) is 11.5. The molecule has 30 heavy (non-hydrogen) atoms. The van der Waals surface area contributed by atoms with Gasteiger partial charge in [-0.1, -0.05) is 6.07 Å². The van der Waals surface area contributed by atoms with Gasteiger partial charge in [0.05, 0.1) is 11.2 Å². The molecule has 0 saturated carbocycles. The molecule has 144 valence electrons. The second-order valence-electron chi connectivity index (χ2n) is 6.98. The topological polar surface area (TPSA) is 70.2 Å². The monoisotopic (exact) mass is 411 g/mol. The molecule has 0 fully saturated rings. The van der Waals surface area contributed by atoms with Crippen molar-refractivity contribution in [1.29, 1.82) is 0 Å². The van der Waals surface area contributed by atoms with E-state index < -0.39 is 0 Å². The lowest BCUT2D eigenvalue weighted by Crippen LogP contribution is -1.81. The minimum Gasteiger partial charge on any atom is -0.338 e. The Labute approximate surface area is 174 Å². The van der Waals surface area contributed by atoms with Gasteiger partial charge in [-0.2, -0.15) is 9.49 Å². The van der Waals surface area contributed by atoms with Crippen LogP contribution in [0, 0.1) is 5.13 Å². The number of fused-ring (bicyclic) bond motifs is 2. The number of halogens is 1. The molecule has 0 aliphatic rings. The maximum absolute atomic E-state index is 13.6. The molecule has 5 nitrogen and oxygen atoms in total. The molecule has 0 aliphatic carbocycles. The van der Waals surface area contributed by atoms with E-state index in [0.29, 0.717) is 0 Å². The van der Waals surface area contributed by atoms with E-state index in [-0.39, 0.29) is 5.13 Å². The number of aromatic amines is 2. The van der Waals surface area contributed by atoms with E-state index in [1.807, 2.05) is 30.3 Å². The zero-order valence-electron chi connectivity index (χ0n) is 15.6. The van der Waals surface area contributed by atoms with Crippen molar-refractivity contribution in [1.82, 2.24) is 25.1 Å². The second-order valence-corrected chi connectivity index (χ2v) is 8.01. The average Bonchev–Trinajstić information content (AvgIpc) is 3.51. The van der Waals surface area contributed by atoms with E-state index in [1.54, 1.807) is 24.7 Å². The number of nitrogens with zero attached hydrogens (tertiary/aromatic N) is 3. The predicted octanol–water partition coefficient (Wildman–Crippen LogP) is 6.04. The summed E-state index contributed by atoms with van der Waals surface area (Å²) in [5, 5.41) is 9.41. The summed E-state index contributed by atoms with van der Waals surface area (Å²) < 4.78 is 13.6. The van der Waals surface area contributed by atoms with Crippen molar-refractivity contribution in [3.05, 3.63) is 78.3 Å². The Morgan fingerprint density at radius 2 is 1.73 bits per heavy atom. The molecule has 0 radical (unpaired) electrons. The van der Waals surface area contributed by atoms with E-state index in [9.17, 15) is 4.39 Å². The van der Waals surface area contributed by atoms with Gasteiger partial charge in [-0.25, -0.2) is 4.98 Å². The van der Waals surface area contributed by atoms with E-state index in [1.165, 1.54) is 6.07 Å². The highest BCUT2D eigenvalue weighted by Gasteiger charge is 2.15. The fourth-order valence-corrected chi connectivity index (χ4v) is 4.54. The number of rotatable bonds is 3. The van der Waals surface area contributed by atoms with Crippen LogP contribution in [0.5, 0.6) is 0 Å². The van der Waals surface area contributed by atoms with Gasteiger partial charge in [-0.3, -0.25) is 10.1 Å². The Morgan fingerprint density at radius 1 is 0.833 bits per heavy atom. The van der Waals surface area contributed by atoms with Gasteiger partial charge in [0.25, 0.3) is 0 Å². The van der Waals surface area contributed by atoms with Crippen LogP contribution in [0.1, 0.15) is 0 Å². The molecule has 6 rings (SSSR count). The molecule has 0 saturated heterocycles. The number of benzene rings is 1. The van der Waals surface area contributed by atoms with Crippen LogP contribution >= 0.6 is 11.3 Å². The third-order valence-corrected chi connectivity index (χ3v) is 6.11. The summed E-state index contributed by atoms with van der Waals surface area (Å²) in [5.74, 6) is 0. The van der Waals surface area contributed by atoms with Crippen LogP contribution in [0.3, 0.4) is 0 Å². The molecular formula is C23H14FN5S. The van der Waals surface area contributed by atoms with Crippen LogP contribution in [-0.2, 0) is 0 Å². The van der Waals surface area contributed by atoms with Gasteiger partial charge >= 0.3 is 0 Å². The van der Waals surface area contributed by atoms with Crippen molar-refractivity contribution in [2.75, 3.05) is 0 Å². The fourth-order valence-electron chi connectivity index (χ4n) is 3.77. The van der Waals surface area contributed by atoms with Crippen molar-refractivity contribution in [2.45, 2.75) is 0 Å². The zero-order valence-corrected chi connectivity index (χ0v) is 16.4. The van der Waals surface area contributed by atoms with Crippen molar-refractivity contribution in [3.8, 4) is 33.0 Å². The molecule has 5 heterocycles. The zero-order chi connectivity index (χ0) is 20.1. The quantitative estimate of drug-likeness (QED) is 0.373. The smallest absolute Gasteiger partial charge is 0.176 e. The first-order valence-electron chi connectivity index (χ1n) is 9.38. The minimum atomic E-state index is -0.201. The first kappa shape index (κ1) is 17.1. The third kappa shape index (κ3) is 2.71. The van der Waals surface area contributed by atoms with Gasteiger partial charge in [0.15, 0.2) is 5.13 Å². The van der Waals surface area contributed by atoms with E-state index in [4.69, 9.17) is 0 Å². The number of hydrogen-bond acceptors (Lipinski definition) is 4. The van der Waals surface area contributed by atoms with Gasteiger partial charge < -0.3 is 4.98 Å². The highest BCUT2D eigenvalue weighted by atomic mass is 32.1. The summed E-state index contributed by atoms with van der Waals surface area (Å²) in [6, 6.07) is 17.4. The second kappa shape index (κ2) is 6.60. The minimum absolute atomic E-state index is 0.201. The summed E-state index contributed by atoms with van der Waals surface area (Å²) in [5.41, 5.74) is 6.53. The highest BCUT2D eigenvalue weighted by Crippen LogP contribution is 2.36. The lowest BCUT2D eigenvalue weighted by molar-refractivity contribution is 0.657. The molecule has 0 amide bonds. The number of hydrogen-bond donors (Lipinski definition) is 2. The standard InChI is InChI=1S/C23H14FN5S/c24-21-4-3-20(30-21)15-7-10-26-23-16(15)12-19(27-23)22-17-11-14(1-2-18(17)28-29-22)13-5-8-25-9-6-13/h1-12H,(H,26,27)(H,28,29). The van der Waals surface area contributed by atoms with Crippen LogP contribution in [0.2, 0.25) is 0 Å². The van der Waals surface area contributed by atoms with Gasteiger partial charge in [0.2, 0.25) is 0 Å². The van der Waals surface area contributed by atoms with E-state index in [0.717, 1.165) is 66.2 Å².